The van der Waals surface area contributed by atoms with Gasteiger partial charge in [-0.25, -0.2) is 9.78 Å². The van der Waals surface area contributed by atoms with Crippen molar-refractivity contribution in [2.24, 2.45) is 0 Å². The smallest absolute Gasteiger partial charge is 0.335 e. The molecular weight excluding hydrogens is 276 g/mol. The van der Waals surface area contributed by atoms with E-state index in [0.29, 0.717) is 5.56 Å². The van der Waals surface area contributed by atoms with Crippen LogP contribution in [0.3, 0.4) is 0 Å². The van der Waals surface area contributed by atoms with Gasteiger partial charge in [0.25, 0.3) is 0 Å². The zero-order chi connectivity index (χ0) is 15.7. The Morgan fingerprint density at radius 2 is 1.73 bits per heavy atom. The Balaban J connectivity index is 1.96. The molecule has 1 heterocycles. The summed E-state index contributed by atoms with van der Waals surface area (Å²) in [4.78, 5) is 18.5. The van der Waals surface area contributed by atoms with E-state index in [-0.39, 0.29) is 0 Å². The van der Waals surface area contributed by atoms with Crippen molar-refractivity contribution in [3.8, 4) is 22.5 Å². The van der Waals surface area contributed by atoms with E-state index in [1.54, 1.807) is 12.1 Å². The van der Waals surface area contributed by atoms with Gasteiger partial charge in [0.2, 0.25) is 0 Å². The number of aromatic carboxylic acids is 1. The van der Waals surface area contributed by atoms with Gasteiger partial charge in [0.05, 0.1) is 11.3 Å². The molecule has 0 spiro atoms. The Bertz CT molecular complexity index is 833. The van der Waals surface area contributed by atoms with Crippen molar-refractivity contribution in [2.75, 3.05) is 0 Å². The average Bonchev–Trinajstić information content (AvgIpc) is 2.94. The van der Waals surface area contributed by atoms with E-state index < -0.39 is 5.97 Å². The van der Waals surface area contributed by atoms with Crippen LogP contribution in [0.25, 0.3) is 22.5 Å². The highest BCUT2D eigenvalue weighted by molar-refractivity contribution is 5.88. The van der Waals surface area contributed by atoms with E-state index in [0.717, 1.165) is 33.8 Å². The summed E-state index contributed by atoms with van der Waals surface area (Å²) in [6, 6.07) is 13.1. The number of rotatable bonds is 3. The molecule has 0 fully saturated rings. The van der Waals surface area contributed by atoms with Crippen LogP contribution in [-0.2, 0) is 0 Å². The fourth-order valence-corrected chi connectivity index (χ4v) is 2.49. The van der Waals surface area contributed by atoms with Crippen molar-refractivity contribution in [1.82, 2.24) is 9.97 Å². The quantitative estimate of drug-likeness (QED) is 0.765. The summed E-state index contributed by atoms with van der Waals surface area (Å²) in [7, 11) is 0. The summed E-state index contributed by atoms with van der Waals surface area (Å²) in [6.07, 6.45) is 1.88. The molecule has 2 N–H and O–H groups in total. The normalized spacial score (nSPS) is 10.6. The summed E-state index contributed by atoms with van der Waals surface area (Å²) in [5, 5.41) is 8.95. The van der Waals surface area contributed by atoms with E-state index in [1.165, 1.54) is 0 Å². The lowest BCUT2D eigenvalue weighted by Gasteiger charge is -2.08. The number of benzene rings is 2. The highest BCUT2D eigenvalue weighted by atomic mass is 16.4. The van der Waals surface area contributed by atoms with Crippen LogP contribution in [0, 0.1) is 13.8 Å². The Morgan fingerprint density at radius 1 is 1.05 bits per heavy atom. The minimum Gasteiger partial charge on any atom is -0.478 e. The molecule has 2 aromatic carbocycles. The molecule has 0 amide bonds. The van der Waals surface area contributed by atoms with Gasteiger partial charge in [-0.05, 0) is 48.7 Å². The number of nitrogens with one attached hydrogen (secondary N) is 1. The third kappa shape index (κ3) is 2.63. The highest BCUT2D eigenvalue weighted by Crippen LogP contribution is 2.27. The number of carboxylic acids is 1. The highest BCUT2D eigenvalue weighted by Gasteiger charge is 2.08. The van der Waals surface area contributed by atoms with E-state index in [9.17, 15) is 4.79 Å². The summed E-state index contributed by atoms with van der Waals surface area (Å²) >= 11 is 0. The second kappa shape index (κ2) is 5.48. The first-order valence-electron chi connectivity index (χ1n) is 7.01. The van der Waals surface area contributed by atoms with E-state index in [1.807, 2.05) is 44.3 Å². The molecule has 0 aliphatic heterocycles. The van der Waals surface area contributed by atoms with Gasteiger partial charge in [0, 0.05) is 11.8 Å². The molecule has 0 bridgehead atoms. The van der Waals surface area contributed by atoms with E-state index in [2.05, 4.69) is 16.0 Å². The molecule has 3 aromatic rings. The maximum Gasteiger partial charge on any atom is 0.335 e. The molecule has 4 nitrogen and oxygen atoms in total. The first-order valence-corrected chi connectivity index (χ1v) is 7.01. The molecule has 22 heavy (non-hydrogen) atoms. The number of carboxylic acid groups (broad SMARTS) is 1. The molecule has 1 aromatic heterocycles. The van der Waals surface area contributed by atoms with E-state index >= 15 is 0 Å². The second-order valence-corrected chi connectivity index (χ2v) is 5.30. The third-order valence-corrected chi connectivity index (χ3v) is 3.65. The number of nitrogens with zero attached hydrogens (tertiary/aromatic N) is 1. The number of hydrogen-bond donors (Lipinski definition) is 2. The second-order valence-electron chi connectivity index (χ2n) is 5.30. The van der Waals surface area contributed by atoms with Crippen LogP contribution in [0.2, 0.25) is 0 Å². The average molecular weight is 292 g/mol. The topological polar surface area (TPSA) is 66.0 Å². The zero-order valence-corrected chi connectivity index (χ0v) is 12.4. The fourth-order valence-electron chi connectivity index (χ4n) is 2.49. The molecule has 0 atom stereocenters. The number of aromatic amines is 1. The molecule has 3 rings (SSSR count). The molecule has 4 heteroatoms. The molecule has 0 saturated heterocycles. The van der Waals surface area contributed by atoms with Gasteiger partial charge in [-0.3, -0.25) is 0 Å². The van der Waals surface area contributed by atoms with Gasteiger partial charge in [0.15, 0.2) is 0 Å². The summed E-state index contributed by atoms with van der Waals surface area (Å²) in [5.74, 6) is -0.0554. The molecular formula is C18H16N2O2. The minimum absolute atomic E-state index is 0.295. The van der Waals surface area contributed by atoms with E-state index in [4.69, 9.17) is 5.11 Å². The number of aryl methyl sites for hydroxylation is 2. The van der Waals surface area contributed by atoms with Crippen LogP contribution in [0.4, 0.5) is 0 Å². The van der Waals surface area contributed by atoms with Gasteiger partial charge < -0.3 is 10.1 Å². The van der Waals surface area contributed by atoms with Crippen molar-refractivity contribution in [2.45, 2.75) is 13.8 Å². The zero-order valence-electron chi connectivity index (χ0n) is 12.4. The number of H-pyrrole nitrogens is 1. The lowest BCUT2D eigenvalue weighted by Crippen LogP contribution is -1.95. The van der Waals surface area contributed by atoms with Crippen LogP contribution in [0.5, 0.6) is 0 Å². The van der Waals surface area contributed by atoms with Crippen molar-refractivity contribution < 1.29 is 9.90 Å². The third-order valence-electron chi connectivity index (χ3n) is 3.65. The lowest BCUT2D eigenvalue weighted by molar-refractivity contribution is 0.0697. The number of hydrogen-bond acceptors (Lipinski definition) is 2. The molecule has 0 aliphatic carbocycles. The van der Waals surface area contributed by atoms with Crippen molar-refractivity contribution in [3.05, 3.63) is 65.5 Å². The first-order chi connectivity index (χ1) is 10.5. The molecule has 0 unspecified atom stereocenters. The number of aromatic nitrogens is 2. The molecule has 0 radical (unpaired) electrons. The Kier molecular flexibility index (Phi) is 3.51. The summed E-state index contributed by atoms with van der Waals surface area (Å²) in [6.45, 7) is 3.99. The van der Waals surface area contributed by atoms with Gasteiger partial charge in [-0.15, -0.1) is 0 Å². The van der Waals surface area contributed by atoms with Crippen molar-refractivity contribution in [3.63, 3.8) is 0 Å². The van der Waals surface area contributed by atoms with Gasteiger partial charge >= 0.3 is 5.97 Å². The van der Waals surface area contributed by atoms with Gasteiger partial charge in [-0.1, -0.05) is 24.3 Å². The molecule has 0 aliphatic rings. The Labute approximate surface area is 128 Å². The van der Waals surface area contributed by atoms with Crippen LogP contribution >= 0.6 is 0 Å². The maximum atomic E-state index is 10.9. The predicted octanol–water partition coefficient (Wildman–Crippen LogP) is 4.06. The summed E-state index contributed by atoms with van der Waals surface area (Å²) in [5.41, 5.74) is 5.50. The largest absolute Gasteiger partial charge is 0.478 e. The van der Waals surface area contributed by atoms with Gasteiger partial charge in [-0.2, -0.15) is 0 Å². The number of imidazole rings is 1. The predicted molar refractivity (Wildman–Crippen MR) is 85.9 cm³/mol. The van der Waals surface area contributed by atoms with Crippen LogP contribution in [-0.4, -0.2) is 21.0 Å². The lowest BCUT2D eigenvalue weighted by atomic mass is 9.97. The Morgan fingerprint density at radius 3 is 2.27 bits per heavy atom. The summed E-state index contributed by atoms with van der Waals surface area (Å²) < 4.78 is 0. The van der Waals surface area contributed by atoms with Crippen molar-refractivity contribution >= 4 is 5.97 Å². The standard InChI is InChI=1S/C18H16N2O2/c1-11-9-15(17-19-10-12(2)20-17)7-8-16(11)13-3-5-14(6-4-13)18(21)22/h3-10H,1-2H3,(H,19,20)(H,21,22). The van der Waals surface area contributed by atoms with Crippen LogP contribution in [0.15, 0.2) is 48.7 Å². The maximum absolute atomic E-state index is 10.9. The van der Waals surface area contributed by atoms with Crippen LogP contribution < -0.4 is 0 Å². The van der Waals surface area contributed by atoms with Gasteiger partial charge in [0.1, 0.15) is 5.82 Å². The van der Waals surface area contributed by atoms with Crippen molar-refractivity contribution in [1.29, 1.82) is 0 Å². The SMILES string of the molecule is Cc1c[nH]c(-c2ccc(-c3ccc(C(=O)O)cc3)c(C)c2)n1. The molecule has 0 saturated carbocycles. The van der Waals surface area contributed by atoms with Crippen LogP contribution in [0.1, 0.15) is 21.6 Å². The monoisotopic (exact) mass is 292 g/mol. The first kappa shape index (κ1) is 14.1. The molecule has 110 valence electrons. The minimum atomic E-state index is -0.910. The number of carbonyl (C=O) groups is 1. The fraction of sp³-hybridized carbons (Fsp3) is 0.111. The Hall–Kier alpha value is -2.88.